The van der Waals surface area contributed by atoms with Gasteiger partial charge in [-0.1, -0.05) is 0 Å². The minimum absolute atomic E-state index is 0. The van der Waals surface area contributed by atoms with Crippen LogP contribution in [0.4, 0.5) is 0 Å². The third kappa shape index (κ3) is 5.07. The molecule has 0 bridgehead atoms. The zero-order valence-electron chi connectivity index (χ0n) is 20.6. The Morgan fingerprint density at radius 3 is 1.73 bits per heavy atom. The van der Waals surface area contributed by atoms with E-state index in [1.165, 1.54) is 39.0 Å². The Kier molecular flexibility index (Phi) is 8.95. The molecule has 0 aliphatic heterocycles. The fraction of sp³-hybridized carbons (Fsp3) is 0.300. The number of halogens is 2. The molecule has 0 saturated carbocycles. The molecule has 2 aromatic rings. The normalized spacial score (nSPS) is 16.2. The Morgan fingerprint density at radius 1 is 0.879 bits per heavy atom. The van der Waals surface area contributed by atoms with Crippen molar-refractivity contribution in [2.45, 2.75) is 45.2 Å². The zero-order valence-corrected chi connectivity index (χ0v) is 24.6. The van der Waals surface area contributed by atoms with Crippen molar-refractivity contribution in [2.24, 2.45) is 11.3 Å². The summed E-state index contributed by atoms with van der Waals surface area (Å²) < 4.78 is 3.96. The molecule has 3 heteroatoms. The van der Waals surface area contributed by atoms with E-state index in [2.05, 4.69) is 103 Å². The smallest absolute Gasteiger partial charge is 1.00 e. The van der Waals surface area contributed by atoms with Gasteiger partial charge in [-0.25, -0.2) is 0 Å². The molecule has 0 amide bonds. The molecule has 0 N–H and O–H groups in total. The van der Waals surface area contributed by atoms with E-state index in [1.54, 1.807) is 6.49 Å². The van der Waals surface area contributed by atoms with E-state index in [4.69, 9.17) is 0 Å². The standard InChI is InChI=1S/C17H13.C10H15.C3H6.2ClH.Zr/c1-3-12-5-7-14-11-15-8-6-13(4-2)10-17(15)16(14)9-12;1-8-5-6-9(7-8)10(2,3)4;1-3-2;;;/h3-11H,1-2H2;6-8H,1-4H3;1-2H3;2*1H;/q;;;;;+2/p-2. The van der Waals surface area contributed by atoms with Crippen molar-refractivity contribution in [1.29, 1.82) is 0 Å². The molecule has 0 heterocycles. The van der Waals surface area contributed by atoms with E-state index in [9.17, 15) is 0 Å². The van der Waals surface area contributed by atoms with Crippen LogP contribution < -0.4 is 24.8 Å². The third-order valence-corrected chi connectivity index (χ3v) is 15.4. The number of hydrogen-bond donors (Lipinski definition) is 0. The van der Waals surface area contributed by atoms with Crippen LogP contribution in [-0.2, 0) is 21.3 Å². The quantitative estimate of drug-likeness (QED) is 0.543. The van der Waals surface area contributed by atoms with Crippen LogP contribution >= 0.6 is 0 Å². The van der Waals surface area contributed by atoms with Gasteiger partial charge in [-0.3, -0.25) is 0 Å². The SMILES string of the molecule is C=Cc1ccc2c(c1)-c1cc(C=C)ccc1[CH]2[Zr+2]([C]1=CC(C(C)(C)C)=CC1C)=[C](C)C.[Cl-].[Cl-]. The Bertz CT molecular complexity index is 1130. The minimum atomic E-state index is -2.18. The van der Waals surface area contributed by atoms with E-state index in [-0.39, 0.29) is 30.2 Å². The van der Waals surface area contributed by atoms with Gasteiger partial charge in [0.15, 0.2) is 0 Å². The second-order valence-electron chi connectivity index (χ2n) is 10.2. The molecule has 2 aliphatic rings. The molecule has 172 valence electrons. The molecule has 0 saturated heterocycles. The maximum absolute atomic E-state index is 4.01. The average Bonchev–Trinajstić information content (AvgIpc) is 3.26. The molecule has 0 radical (unpaired) electrons. The van der Waals surface area contributed by atoms with Crippen LogP contribution in [0.15, 0.2) is 70.6 Å². The first-order valence-corrected chi connectivity index (χ1v) is 15.2. The van der Waals surface area contributed by atoms with Crippen molar-refractivity contribution in [3.8, 4) is 11.1 Å². The van der Waals surface area contributed by atoms with Gasteiger partial charge < -0.3 is 24.8 Å². The second kappa shape index (κ2) is 10.6. The fourth-order valence-corrected chi connectivity index (χ4v) is 13.7. The molecule has 1 atom stereocenters. The van der Waals surface area contributed by atoms with Gasteiger partial charge in [0.2, 0.25) is 0 Å². The summed E-state index contributed by atoms with van der Waals surface area (Å²) in [4.78, 5) is 0. The van der Waals surface area contributed by atoms with E-state index in [0.717, 1.165) is 0 Å². The summed E-state index contributed by atoms with van der Waals surface area (Å²) >= 11 is -2.18. The predicted octanol–water partition coefficient (Wildman–Crippen LogP) is 2.39. The fourth-order valence-electron chi connectivity index (χ4n) is 5.09. The molecule has 1 unspecified atom stereocenters. The van der Waals surface area contributed by atoms with Crippen molar-refractivity contribution >= 4 is 15.4 Å². The first kappa shape index (κ1) is 28.0. The van der Waals surface area contributed by atoms with Crippen molar-refractivity contribution in [3.63, 3.8) is 0 Å². The maximum atomic E-state index is 4.01. The third-order valence-electron chi connectivity index (χ3n) is 6.77. The van der Waals surface area contributed by atoms with Gasteiger partial charge >= 0.3 is 197 Å². The molecule has 0 fully saturated rings. The van der Waals surface area contributed by atoms with E-state index in [1.807, 2.05) is 12.2 Å². The van der Waals surface area contributed by atoms with Crippen LogP contribution in [0.1, 0.15) is 67.4 Å². The van der Waals surface area contributed by atoms with Gasteiger partial charge in [0.25, 0.3) is 0 Å². The molecule has 4 rings (SSSR count). The predicted molar refractivity (Wildman–Crippen MR) is 135 cm³/mol. The molecule has 0 aromatic heterocycles. The van der Waals surface area contributed by atoms with Crippen molar-refractivity contribution in [3.05, 3.63) is 92.8 Å². The zero-order chi connectivity index (χ0) is 22.5. The average molecular weight is 557 g/mol. The van der Waals surface area contributed by atoms with Crippen molar-refractivity contribution in [1.82, 2.24) is 0 Å². The number of benzene rings is 2. The minimum Gasteiger partial charge on any atom is -1.00 e. The Labute approximate surface area is 220 Å². The van der Waals surface area contributed by atoms with Crippen molar-refractivity contribution in [2.75, 3.05) is 0 Å². The molecular formula is C30H34Cl2Zr. The molecule has 2 aromatic carbocycles. The number of rotatable bonds is 4. The molecule has 2 aliphatic carbocycles. The number of allylic oxidation sites excluding steroid dienone is 4. The van der Waals surface area contributed by atoms with Gasteiger partial charge in [-0.05, 0) is 0 Å². The largest absolute Gasteiger partial charge is 1.00 e. The summed E-state index contributed by atoms with van der Waals surface area (Å²) in [5.41, 5.74) is 9.95. The summed E-state index contributed by atoms with van der Waals surface area (Å²) in [5, 5.41) is 0. The van der Waals surface area contributed by atoms with Crippen molar-refractivity contribution < 1.29 is 46.1 Å². The summed E-state index contributed by atoms with van der Waals surface area (Å²) in [5.74, 6) is 0.547. The van der Waals surface area contributed by atoms with Gasteiger partial charge in [0, 0.05) is 0 Å². The van der Waals surface area contributed by atoms with Crippen LogP contribution in [0.5, 0.6) is 0 Å². The monoisotopic (exact) mass is 554 g/mol. The van der Waals surface area contributed by atoms with Crippen LogP contribution in [0.25, 0.3) is 23.3 Å². The number of fused-ring (bicyclic) bond motifs is 3. The number of hydrogen-bond acceptors (Lipinski definition) is 0. The van der Waals surface area contributed by atoms with Crippen LogP contribution in [0, 0.1) is 11.3 Å². The summed E-state index contributed by atoms with van der Waals surface area (Å²) in [6.45, 7) is 22.2. The van der Waals surface area contributed by atoms with Gasteiger partial charge in [0.05, 0.1) is 0 Å². The van der Waals surface area contributed by atoms with E-state index >= 15 is 0 Å². The van der Waals surface area contributed by atoms with E-state index < -0.39 is 21.3 Å². The molecule has 0 nitrogen and oxygen atoms in total. The molecule has 0 spiro atoms. The van der Waals surface area contributed by atoms with Gasteiger partial charge in [-0.15, -0.1) is 0 Å². The van der Waals surface area contributed by atoms with Crippen LogP contribution in [0.3, 0.4) is 0 Å². The summed E-state index contributed by atoms with van der Waals surface area (Å²) in [6, 6.07) is 13.9. The Hall–Kier alpha value is -1.27. The van der Waals surface area contributed by atoms with Crippen LogP contribution in [0.2, 0.25) is 0 Å². The molecular weight excluding hydrogens is 522 g/mol. The Morgan fingerprint density at radius 2 is 1.36 bits per heavy atom. The maximum Gasteiger partial charge on any atom is -1.00 e. The van der Waals surface area contributed by atoms with E-state index in [0.29, 0.717) is 9.54 Å². The molecule has 33 heavy (non-hydrogen) atoms. The van der Waals surface area contributed by atoms with Crippen LogP contribution in [-0.4, -0.2) is 3.21 Å². The van der Waals surface area contributed by atoms with Gasteiger partial charge in [-0.2, -0.15) is 0 Å². The Balaban J connectivity index is 0.00000193. The summed E-state index contributed by atoms with van der Waals surface area (Å²) in [6.07, 6.45) is 9.03. The summed E-state index contributed by atoms with van der Waals surface area (Å²) in [7, 11) is 0. The first-order valence-electron chi connectivity index (χ1n) is 11.3. The topological polar surface area (TPSA) is 0 Å². The van der Waals surface area contributed by atoms with Gasteiger partial charge in [0.1, 0.15) is 0 Å². The first-order chi connectivity index (χ1) is 14.7. The second-order valence-corrected chi connectivity index (χ2v) is 17.5.